The zero-order valence-electron chi connectivity index (χ0n) is 25.0. The molecule has 0 heterocycles. The van der Waals surface area contributed by atoms with Crippen LogP contribution in [0.3, 0.4) is 0 Å². The van der Waals surface area contributed by atoms with Crippen molar-refractivity contribution < 1.29 is 23.7 Å². The first kappa shape index (κ1) is 32.1. The predicted molar refractivity (Wildman–Crippen MR) is 168 cm³/mol. The summed E-state index contributed by atoms with van der Waals surface area (Å²) in [4.78, 5) is 15.2. The number of nitrogens with zero attached hydrogens (tertiary/aromatic N) is 1. The second-order valence-electron chi connectivity index (χ2n) is 10.6. The molecule has 4 aromatic carbocycles. The van der Waals surface area contributed by atoms with Gasteiger partial charge in [-0.05, 0) is 22.3 Å². The van der Waals surface area contributed by atoms with E-state index in [2.05, 4.69) is 0 Å². The van der Waals surface area contributed by atoms with Crippen LogP contribution in [-0.4, -0.2) is 55.9 Å². The predicted octanol–water partition coefficient (Wildman–Crippen LogP) is 5.37. The largest absolute Gasteiger partial charge is 0.375 e. The van der Waals surface area contributed by atoms with Crippen LogP contribution >= 0.6 is 0 Å². The van der Waals surface area contributed by atoms with Crippen LogP contribution in [0, 0.1) is 0 Å². The van der Waals surface area contributed by atoms with Crippen LogP contribution in [0.4, 0.5) is 0 Å². The van der Waals surface area contributed by atoms with Gasteiger partial charge in [0.05, 0.1) is 39.1 Å². The Morgan fingerprint density at radius 3 is 1.37 bits per heavy atom. The Morgan fingerprint density at radius 2 is 0.953 bits per heavy atom. The number of amides is 1. The van der Waals surface area contributed by atoms with Gasteiger partial charge in [-0.1, -0.05) is 121 Å². The number of carbonyl (C=O) groups is 1. The second kappa shape index (κ2) is 17.3. The van der Waals surface area contributed by atoms with Crippen LogP contribution in [0.15, 0.2) is 121 Å². The highest BCUT2D eigenvalue weighted by Gasteiger charge is 2.41. The molecule has 226 valence electrons. The molecular weight excluding hydrogens is 540 g/mol. The molecule has 0 radical (unpaired) electrons. The van der Waals surface area contributed by atoms with E-state index >= 15 is 0 Å². The third kappa shape index (κ3) is 10.4. The molecule has 2 unspecified atom stereocenters. The minimum atomic E-state index is -0.986. The molecule has 2 N–H and O–H groups in total. The zero-order valence-corrected chi connectivity index (χ0v) is 25.0. The Bertz CT molecular complexity index is 1320. The van der Waals surface area contributed by atoms with Crippen LogP contribution in [0.5, 0.6) is 0 Å². The molecule has 4 aromatic rings. The molecule has 1 amide bonds. The van der Waals surface area contributed by atoms with Gasteiger partial charge in [0.2, 0.25) is 0 Å². The Morgan fingerprint density at radius 1 is 0.581 bits per heavy atom. The number of ether oxygens (including phenoxy) is 4. The molecule has 0 fully saturated rings. The lowest BCUT2D eigenvalue weighted by molar-refractivity contribution is -0.179. The fraction of sp³-hybridized carbons (Fsp3) is 0.306. The average molecular weight is 583 g/mol. The van der Waals surface area contributed by atoms with Gasteiger partial charge in [0.1, 0.15) is 12.2 Å². The maximum Gasteiger partial charge on any atom is 0.254 e. The first-order chi connectivity index (χ1) is 21.0. The van der Waals surface area contributed by atoms with Gasteiger partial charge in [0.25, 0.3) is 5.91 Å². The normalized spacial score (nSPS) is 14.0. The fourth-order valence-corrected chi connectivity index (χ4v) is 4.65. The number of likely N-dealkylation sites (N-methyl/N-ethyl adjacent to an activating group) is 1. The van der Waals surface area contributed by atoms with Crippen molar-refractivity contribution in [2.75, 3.05) is 20.7 Å². The molecular formula is C36H42N2O5. The summed E-state index contributed by atoms with van der Waals surface area (Å²) < 4.78 is 25.5. The lowest BCUT2D eigenvalue weighted by atomic mass is 9.99. The maximum atomic E-state index is 13.7. The van der Waals surface area contributed by atoms with Crippen molar-refractivity contribution in [1.82, 2.24) is 4.90 Å². The van der Waals surface area contributed by atoms with Crippen molar-refractivity contribution in [2.45, 2.75) is 50.8 Å². The second-order valence-corrected chi connectivity index (χ2v) is 10.6. The Balaban J connectivity index is 1.62. The van der Waals surface area contributed by atoms with Gasteiger partial charge in [-0.25, -0.2) is 0 Å². The standard InChI is InChI=1S/C36H42N2O5/c1-38(2)36(39)35(43-26-31-21-13-6-14-22-31)34(42-25-30-19-11-5-12-20-30)33(41-24-29-17-9-4-10-18-29)32(37)27-40-23-28-15-7-3-8-16-28/h3-22,32-35H,23-27,37H2,1-2H3/t32-,33?,34?,35+/m0/s1. The van der Waals surface area contributed by atoms with Crippen LogP contribution in [0.1, 0.15) is 22.3 Å². The molecule has 0 aliphatic heterocycles. The number of carbonyl (C=O) groups excluding carboxylic acids is 1. The summed E-state index contributed by atoms with van der Waals surface area (Å²) in [7, 11) is 3.41. The molecule has 7 heteroatoms. The van der Waals surface area contributed by atoms with Crippen molar-refractivity contribution >= 4 is 5.91 Å². The van der Waals surface area contributed by atoms with E-state index in [9.17, 15) is 4.79 Å². The molecule has 4 atom stereocenters. The Hall–Kier alpha value is -3.85. The van der Waals surface area contributed by atoms with Crippen molar-refractivity contribution in [3.05, 3.63) is 144 Å². The van der Waals surface area contributed by atoms with Crippen LogP contribution in [0.25, 0.3) is 0 Å². The Kier molecular flexibility index (Phi) is 12.9. The van der Waals surface area contributed by atoms with Gasteiger partial charge in [-0.15, -0.1) is 0 Å². The molecule has 0 saturated heterocycles. The molecule has 7 nitrogen and oxygen atoms in total. The number of rotatable bonds is 17. The van der Waals surface area contributed by atoms with Crippen molar-refractivity contribution in [1.29, 1.82) is 0 Å². The highest BCUT2D eigenvalue weighted by atomic mass is 16.6. The van der Waals surface area contributed by atoms with Crippen LogP contribution < -0.4 is 5.73 Å². The zero-order chi connectivity index (χ0) is 30.3. The SMILES string of the molecule is CN(C)C(=O)[C@H](OCc1ccccc1)C(OCc1ccccc1)C(OCc1ccccc1)[C@@H](N)COCc1ccccc1. The van der Waals surface area contributed by atoms with Crippen LogP contribution in [-0.2, 0) is 50.2 Å². The summed E-state index contributed by atoms with van der Waals surface area (Å²) in [6.45, 7) is 1.35. The number of nitrogens with two attached hydrogens (primary N) is 1. The summed E-state index contributed by atoms with van der Waals surface area (Å²) in [6.07, 6.45) is -2.55. The van der Waals surface area contributed by atoms with Gasteiger partial charge < -0.3 is 29.6 Å². The summed E-state index contributed by atoms with van der Waals surface area (Å²) in [6, 6.07) is 38.7. The van der Waals surface area contributed by atoms with Crippen molar-refractivity contribution in [2.24, 2.45) is 5.73 Å². The molecule has 0 saturated carbocycles. The first-order valence-corrected chi connectivity index (χ1v) is 14.6. The highest BCUT2D eigenvalue weighted by Crippen LogP contribution is 2.22. The molecule has 0 aliphatic rings. The molecule has 4 rings (SSSR count). The van der Waals surface area contributed by atoms with E-state index in [0.29, 0.717) is 6.61 Å². The monoisotopic (exact) mass is 582 g/mol. The minimum Gasteiger partial charge on any atom is -0.375 e. The summed E-state index contributed by atoms with van der Waals surface area (Å²) >= 11 is 0. The smallest absolute Gasteiger partial charge is 0.254 e. The lowest BCUT2D eigenvalue weighted by Gasteiger charge is -2.36. The van der Waals surface area contributed by atoms with E-state index in [1.54, 1.807) is 14.1 Å². The van der Waals surface area contributed by atoms with Crippen LogP contribution in [0.2, 0.25) is 0 Å². The van der Waals surface area contributed by atoms with E-state index in [0.717, 1.165) is 22.3 Å². The average Bonchev–Trinajstić information content (AvgIpc) is 3.05. The quantitative estimate of drug-likeness (QED) is 0.180. The number of hydrogen-bond acceptors (Lipinski definition) is 6. The Labute approximate surface area is 255 Å². The maximum absolute atomic E-state index is 13.7. The van der Waals surface area contributed by atoms with E-state index in [-0.39, 0.29) is 32.3 Å². The molecule has 0 aromatic heterocycles. The van der Waals surface area contributed by atoms with E-state index in [4.69, 9.17) is 24.7 Å². The summed E-state index contributed by atoms with van der Waals surface area (Å²) in [5.74, 6) is -0.236. The summed E-state index contributed by atoms with van der Waals surface area (Å²) in [5, 5.41) is 0. The van der Waals surface area contributed by atoms with Gasteiger partial charge >= 0.3 is 0 Å². The molecule has 43 heavy (non-hydrogen) atoms. The number of benzene rings is 4. The van der Waals surface area contributed by atoms with Gasteiger partial charge in [0, 0.05) is 14.1 Å². The van der Waals surface area contributed by atoms with Gasteiger partial charge in [-0.2, -0.15) is 0 Å². The topological polar surface area (TPSA) is 83.2 Å². The molecule has 0 spiro atoms. The van der Waals surface area contributed by atoms with Gasteiger partial charge in [0.15, 0.2) is 6.10 Å². The van der Waals surface area contributed by atoms with Gasteiger partial charge in [-0.3, -0.25) is 4.79 Å². The minimum absolute atomic E-state index is 0.196. The van der Waals surface area contributed by atoms with E-state index in [1.807, 2.05) is 121 Å². The molecule has 0 aliphatic carbocycles. The third-order valence-electron chi connectivity index (χ3n) is 6.99. The van der Waals surface area contributed by atoms with Crippen molar-refractivity contribution in [3.8, 4) is 0 Å². The van der Waals surface area contributed by atoms with E-state index < -0.39 is 24.4 Å². The van der Waals surface area contributed by atoms with E-state index in [1.165, 1.54) is 4.90 Å². The van der Waals surface area contributed by atoms with Crippen molar-refractivity contribution in [3.63, 3.8) is 0 Å². The third-order valence-corrected chi connectivity index (χ3v) is 6.99. The lowest BCUT2D eigenvalue weighted by Crippen LogP contribution is -2.57. The number of hydrogen-bond donors (Lipinski definition) is 1. The first-order valence-electron chi connectivity index (χ1n) is 14.6. The fourth-order valence-electron chi connectivity index (χ4n) is 4.65. The highest BCUT2D eigenvalue weighted by molar-refractivity contribution is 5.81. The molecule has 0 bridgehead atoms. The summed E-state index contributed by atoms with van der Waals surface area (Å²) in [5.41, 5.74) is 10.8.